The highest BCUT2D eigenvalue weighted by atomic mass is 16.3. The van der Waals surface area contributed by atoms with Crippen LogP contribution in [0, 0.1) is 0 Å². The van der Waals surface area contributed by atoms with Gasteiger partial charge in [0.05, 0.1) is 12.5 Å². The lowest BCUT2D eigenvalue weighted by Crippen LogP contribution is -2.44. The van der Waals surface area contributed by atoms with Crippen LogP contribution in [0.2, 0.25) is 0 Å². The lowest BCUT2D eigenvalue weighted by molar-refractivity contribution is -0.133. The number of aliphatic hydroxyl groups is 1. The van der Waals surface area contributed by atoms with Crippen LogP contribution in [0.3, 0.4) is 0 Å². The van der Waals surface area contributed by atoms with Crippen LogP contribution in [0.1, 0.15) is 23.2 Å². The highest BCUT2D eigenvalue weighted by molar-refractivity contribution is 6.05. The van der Waals surface area contributed by atoms with E-state index in [4.69, 9.17) is 0 Å². The Morgan fingerprint density at radius 3 is 2.62 bits per heavy atom. The summed E-state index contributed by atoms with van der Waals surface area (Å²) in [6.07, 6.45) is -0.101. The summed E-state index contributed by atoms with van der Waals surface area (Å²) >= 11 is 0. The molecule has 1 fully saturated rings. The largest absolute Gasteiger partial charge is 0.393 e. The number of hydrogen-bond acceptors (Lipinski definition) is 3. The molecular weight excluding hydrogens is 206 g/mol. The van der Waals surface area contributed by atoms with Crippen molar-refractivity contribution in [3.8, 4) is 0 Å². The zero-order chi connectivity index (χ0) is 11.5. The predicted molar refractivity (Wildman–Crippen MR) is 57.7 cm³/mol. The molecule has 0 radical (unpaired) electrons. The number of imide groups is 1. The van der Waals surface area contributed by atoms with Gasteiger partial charge in [-0.1, -0.05) is 18.2 Å². The number of hydrogen-bond donors (Lipinski definition) is 1. The second kappa shape index (κ2) is 4.45. The van der Waals surface area contributed by atoms with Crippen LogP contribution in [-0.2, 0) is 4.79 Å². The van der Waals surface area contributed by atoms with Gasteiger partial charge in [-0.2, -0.15) is 0 Å². The normalized spacial score (nSPS) is 20.9. The van der Waals surface area contributed by atoms with Crippen LogP contribution in [0.25, 0.3) is 0 Å². The molecule has 1 N–H and O–H groups in total. The number of nitrogens with zero attached hydrogens (tertiary/aromatic N) is 1. The maximum atomic E-state index is 11.9. The van der Waals surface area contributed by atoms with Crippen molar-refractivity contribution >= 4 is 11.8 Å². The molecular formula is C12H13NO3. The molecule has 16 heavy (non-hydrogen) atoms. The molecule has 2 rings (SSSR count). The van der Waals surface area contributed by atoms with Crippen molar-refractivity contribution in [2.24, 2.45) is 0 Å². The van der Waals surface area contributed by atoms with Gasteiger partial charge in [-0.05, 0) is 18.6 Å². The molecule has 4 heteroatoms. The van der Waals surface area contributed by atoms with Gasteiger partial charge in [0.15, 0.2) is 0 Å². The zero-order valence-electron chi connectivity index (χ0n) is 8.80. The first-order valence-corrected chi connectivity index (χ1v) is 5.26. The topological polar surface area (TPSA) is 57.6 Å². The van der Waals surface area contributed by atoms with Gasteiger partial charge in [0.2, 0.25) is 5.91 Å². The van der Waals surface area contributed by atoms with E-state index in [1.165, 1.54) is 4.90 Å². The van der Waals surface area contributed by atoms with Crippen LogP contribution in [0.15, 0.2) is 30.3 Å². The third kappa shape index (κ3) is 2.12. The Hall–Kier alpha value is -1.68. The van der Waals surface area contributed by atoms with E-state index in [1.807, 2.05) is 6.07 Å². The van der Waals surface area contributed by atoms with Gasteiger partial charge in [-0.15, -0.1) is 0 Å². The molecule has 0 spiro atoms. The van der Waals surface area contributed by atoms with Crippen LogP contribution in [-0.4, -0.2) is 34.5 Å². The van der Waals surface area contributed by atoms with Gasteiger partial charge < -0.3 is 5.11 Å². The lowest BCUT2D eigenvalue weighted by Gasteiger charge is -2.27. The molecule has 1 atom stereocenters. The van der Waals surface area contributed by atoms with Gasteiger partial charge in [0.1, 0.15) is 0 Å². The molecule has 1 unspecified atom stereocenters. The van der Waals surface area contributed by atoms with Crippen molar-refractivity contribution in [1.29, 1.82) is 0 Å². The van der Waals surface area contributed by atoms with E-state index in [-0.39, 0.29) is 18.2 Å². The summed E-state index contributed by atoms with van der Waals surface area (Å²) < 4.78 is 0. The van der Waals surface area contributed by atoms with Gasteiger partial charge >= 0.3 is 0 Å². The van der Waals surface area contributed by atoms with Gasteiger partial charge in [-0.3, -0.25) is 14.5 Å². The molecule has 1 aromatic carbocycles. The van der Waals surface area contributed by atoms with E-state index in [0.29, 0.717) is 18.5 Å². The van der Waals surface area contributed by atoms with E-state index in [9.17, 15) is 14.7 Å². The van der Waals surface area contributed by atoms with Crippen LogP contribution in [0.4, 0.5) is 0 Å². The SMILES string of the molecule is O=C1CC(O)CCN1C(=O)c1ccccc1. The summed E-state index contributed by atoms with van der Waals surface area (Å²) in [6, 6.07) is 8.70. The molecule has 1 aliphatic rings. The number of carbonyl (C=O) groups excluding carboxylic acids is 2. The standard InChI is InChI=1S/C12H13NO3/c14-10-6-7-13(11(15)8-10)12(16)9-4-2-1-3-5-9/h1-5,10,14H,6-8H2. The molecule has 0 aromatic heterocycles. The van der Waals surface area contributed by atoms with Crippen molar-refractivity contribution in [3.05, 3.63) is 35.9 Å². The Bertz CT molecular complexity index is 402. The molecule has 2 amide bonds. The number of benzene rings is 1. The monoisotopic (exact) mass is 219 g/mol. The van der Waals surface area contributed by atoms with Crippen molar-refractivity contribution in [2.75, 3.05) is 6.54 Å². The fourth-order valence-electron chi connectivity index (χ4n) is 1.77. The van der Waals surface area contributed by atoms with Crippen molar-refractivity contribution in [1.82, 2.24) is 4.90 Å². The molecule has 0 aliphatic carbocycles. The number of rotatable bonds is 1. The Morgan fingerprint density at radius 1 is 1.31 bits per heavy atom. The number of carbonyl (C=O) groups is 2. The molecule has 0 saturated carbocycles. The maximum absolute atomic E-state index is 11.9. The Labute approximate surface area is 93.5 Å². The minimum atomic E-state index is -0.604. The average Bonchev–Trinajstić information content (AvgIpc) is 2.29. The average molecular weight is 219 g/mol. The van der Waals surface area contributed by atoms with E-state index >= 15 is 0 Å². The van der Waals surface area contributed by atoms with E-state index in [0.717, 1.165) is 0 Å². The lowest BCUT2D eigenvalue weighted by atomic mass is 10.1. The Balaban J connectivity index is 2.14. The summed E-state index contributed by atoms with van der Waals surface area (Å²) in [7, 11) is 0. The molecule has 1 aromatic rings. The van der Waals surface area contributed by atoms with Crippen LogP contribution < -0.4 is 0 Å². The van der Waals surface area contributed by atoms with E-state index in [1.54, 1.807) is 24.3 Å². The predicted octanol–water partition coefficient (Wildman–Crippen LogP) is 0.810. The van der Waals surface area contributed by atoms with Crippen LogP contribution in [0.5, 0.6) is 0 Å². The van der Waals surface area contributed by atoms with Gasteiger partial charge in [0, 0.05) is 12.1 Å². The number of piperidine rings is 1. The maximum Gasteiger partial charge on any atom is 0.260 e. The minimum absolute atomic E-state index is 0.0403. The summed E-state index contributed by atoms with van der Waals surface area (Å²) in [5, 5.41) is 9.29. The first kappa shape index (κ1) is 10.8. The van der Waals surface area contributed by atoms with E-state index in [2.05, 4.69) is 0 Å². The molecule has 4 nitrogen and oxygen atoms in total. The summed E-state index contributed by atoms with van der Waals surface area (Å²) in [5.74, 6) is -0.579. The van der Waals surface area contributed by atoms with Crippen molar-refractivity contribution in [3.63, 3.8) is 0 Å². The highest BCUT2D eigenvalue weighted by Gasteiger charge is 2.29. The first-order chi connectivity index (χ1) is 7.68. The van der Waals surface area contributed by atoms with E-state index < -0.39 is 6.10 Å². The summed E-state index contributed by atoms with van der Waals surface area (Å²) in [6.45, 7) is 0.299. The smallest absolute Gasteiger partial charge is 0.260 e. The molecule has 1 heterocycles. The summed E-state index contributed by atoms with van der Waals surface area (Å²) in [5.41, 5.74) is 0.507. The highest BCUT2D eigenvalue weighted by Crippen LogP contribution is 2.14. The molecule has 84 valence electrons. The molecule has 1 aliphatic heterocycles. The second-order valence-electron chi connectivity index (χ2n) is 3.86. The Morgan fingerprint density at radius 2 is 2.00 bits per heavy atom. The third-order valence-corrected chi connectivity index (χ3v) is 2.66. The Kier molecular flexibility index (Phi) is 3.01. The van der Waals surface area contributed by atoms with Crippen molar-refractivity contribution < 1.29 is 14.7 Å². The van der Waals surface area contributed by atoms with Crippen molar-refractivity contribution in [2.45, 2.75) is 18.9 Å². The number of likely N-dealkylation sites (tertiary alicyclic amines) is 1. The molecule has 1 saturated heterocycles. The quantitative estimate of drug-likeness (QED) is 0.711. The van der Waals surface area contributed by atoms with Gasteiger partial charge in [0.25, 0.3) is 5.91 Å². The molecule has 0 bridgehead atoms. The van der Waals surface area contributed by atoms with Gasteiger partial charge in [-0.25, -0.2) is 0 Å². The third-order valence-electron chi connectivity index (χ3n) is 2.66. The fourth-order valence-corrected chi connectivity index (χ4v) is 1.77. The number of aliphatic hydroxyl groups excluding tert-OH is 1. The zero-order valence-corrected chi connectivity index (χ0v) is 8.80. The fraction of sp³-hybridized carbons (Fsp3) is 0.333. The summed E-state index contributed by atoms with van der Waals surface area (Å²) in [4.78, 5) is 24.7. The van der Waals surface area contributed by atoms with Crippen LogP contribution >= 0.6 is 0 Å². The minimum Gasteiger partial charge on any atom is -0.393 e. The number of amides is 2. The first-order valence-electron chi connectivity index (χ1n) is 5.26. The second-order valence-corrected chi connectivity index (χ2v) is 3.86.